The van der Waals surface area contributed by atoms with E-state index in [-0.39, 0.29) is 5.91 Å². The molecule has 0 aliphatic rings. The molecule has 6 heteroatoms. The summed E-state index contributed by atoms with van der Waals surface area (Å²) in [6.45, 7) is 4.20. The Bertz CT molecular complexity index is 834. The van der Waals surface area contributed by atoms with Crippen LogP contribution in [0.1, 0.15) is 27.5 Å². The minimum absolute atomic E-state index is 0.0667. The molecule has 114 valence electrons. The van der Waals surface area contributed by atoms with Gasteiger partial charge in [0.15, 0.2) is 5.65 Å². The fraction of sp³-hybridized carbons (Fsp3) is 0.312. The summed E-state index contributed by atoms with van der Waals surface area (Å²) in [5, 5.41) is 5.18. The lowest BCUT2D eigenvalue weighted by Gasteiger charge is -2.16. The highest BCUT2D eigenvalue weighted by atomic mass is 16.3. The highest BCUT2D eigenvalue weighted by molar-refractivity contribution is 6.06. The first-order valence-electron chi connectivity index (χ1n) is 7.06. The van der Waals surface area contributed by atoms with Gasteiger partial charge in [-0.25, -0.2) is 4.98 Å². The minimum atomic E-state index is -0.0667. The van der Waals surface area contributed by atoms with Gasteiger partial charge in [0, 0.05) is 19.8 Å². The number of nitrogens with zero attached hydrogens (tertiary/aromatic N) is 4. The summed E-state index contributed by atoms with van der Waals surface area (Å²) in [4.78, 5) is 18.9. The molecule has 0 saturated heterocycles. The van der Waals surface area contributed by atoms with Gasteiger partial charge in [-0.2, -0.15) is 5.10 Å². The number of rotatable bonds is 3. The van der Waals surface area contributed by atoms with E-state index in [9.17, 15) is 4.79 Å². The number of hydrogen-bond donors (Lipinski definition) is 0. The van der Waals surface area contributed by atoms with Gasteiger partial charge in [-0.15, -0.1) is 0 Å². The number of furan rings is 1. The Kier molecular flexibility index (Phi) is 3.44. The molecule has 0 fully saturated rings. The van der Waals surface area contributed by atoms with E-state index in [0.717, 1.165) is 28.2 Å². The molecule has 0 bridgehead atoms. The van der Waals surface area contributed by atoms with Crippen LogP contribution in [0.3, 0.4) is 0 Å². The Morgan fingerprint density at radius 2 is 2.18 bits per heavy atom. The largest absolute Gasteiger partial charge is 0.467 e. The Balaban J connectivity index is 2.03. The summed E-state index contributed by atoms with van der Waals surface area (Å²) < 4.78 is 7.02. The van der Waals surface area contributed by atoms with Crippen LogP contribution in [-0.4, -0.2) is 32.6 Å². The van der Waals surface area contributed by atoms with Crippen LogP contribution in [0.15, 0.2) is 28.9 Å². The van der Waals surface area contributed by atoms with Crippen molar-refractivity contribution in [2.24, 2.45) is 7.05 Å². The summed E-state index contributed by atoms with van der Waals surface area (Å²) >= 11 is 0. The molecule has 3 aromatic heterocycles. The molecule has 22 heavy (non-hydrogen) atoms. The normalized spacial score (nSPS) is 11.1. The molecule has 0 unspecified atom stereocenters. The molecular weight excluding hydrogens is 280 g/mol. The lowest BCUT2D eigenvalue weighted by molar-refractivity contribution is 0.0777. The number of amides is 1. The number of aryl methyl sites for hydroxylation is 3. The fourth-order valence-electron chi connectivity index (χ4n) is 2.65. The van der Waals surface area contributed by atoms with Gasteiger partial charge in [0.1, 0.15) is 5.76 Å². The second-order valence-electron chi connectivity index (χ2n) is 5.46. The number of aromatic nitrogens is 3. The third-order valence-corrected chi connectivity index (χ3v) is 3.65. The molecule has 3 rings (SSSR count). The van der Waals surface area contributed by atoms with E-state index in [1.807, 2.05) is 39.1 Å². The van der Waals surface area contributed by atoms with Crippen molar-refractivity contribution < 1.29 is 9.21 Å². The molecule has 0 atom stereocenters. The van der Waals surface area contributed by atoms with Crippen LogP contribution in [0.2, 0.25) is 0 Å². The first-order chi connectivity index (χ1) is 10.5. The Labute approximate surface area is 128 Å². The van der Waals surface area contributed by atoms with E-state index in [2.05, 4.69) is 10.1 Å². The van der Waals surface area contributed by atoms with Gasteiger partial charge >= 0.3 is 0 Å². The second-order valence-corrected chi connectivity index (χ2v) is 5.46. The highest BCUT2D eigenvalue weighted by Crippen LogP contribution is 2.23. The van der Waals surface area contributed by atoms with E-state index < -0.39 is 0 Å². The standard InChI is InChI=1S/C16H18N4O2/c1-10-8-13(14-11(2)18-20(4)15(14)17-10)16(21)19(3)9-12-6-5-7-22-12/h5-8H,9H2,1-4H3. The van der Waals surface area contributed by atoms with Crippen molar-refractivity contribution in [2.75, 3.05) is 7.05 Å². The number of carbonyl (C=O) groups is 1. The molecule has 0 radical (unpaired) electrons. The summed E-state index contributed by atoms with van der Waals surface area (Å²) in [5.74, 6) is 0.684. The van der Waals surface area contributed by atoms with Gasteiger partial charge in [-0.3, -0.25) is 9.48 Å². The average Bonchev–Trinajstić information content (AvgIpc) is 3.06. The van der Waals surface area contributed by atoms with Crippen molar-refractivity contribution in [3.05, 3.63) is 47.2 Å². The lowest BCUT2D eigenvalue weighted by atomic mass is 10.1. The van der Waals surface area contributed by atoms with Crippen molar-refractivity contribution in [1.82, 2.24) is 19.7 Å². The maximum Gasteiger partial charge on any atom is 0.254 e. The van der Waals surface area contributed by atoms with Crippen LogP contribution in [0.25, 0.3) is 11.0 Å². The van der Waals surface area contributed by atoms with Crippen molar-refractivity contribution >= 4 is 16.9 Å². The van der Waals surface area contributed by atoms with Crippen molar-refractivity contribution in [2.45, 2.75) is 20.4 Å². The fourth-order valence-corrected chi connectivity index (χ4v) is 2.65. The maximum absolute atomic E-state index is 12.8. The molecule has 6 nitrogen and oxygen atoms in total. The highest BCUT2D eigenvalue weighted by Gasteiger charge is 2.20. The smallest absolute Gasteiger partial charge is 0.254 e. The average molecular weight is 298 g/mol. The van der Waals surface area contributed by atoms with Crippen LogP contribution >= 0.6 is 0 Å². The van der Waals surface area contributed by atoms with Crippen molar-refractivity contribution in [1.29, 1.82) is 0 Å². The topological polar surface area (TPSA) is 64.2 Å². The summed E-state index contributed by atoms with van der Waals surface area (Å²) in [6, 6.07) is 5.48. The zero-order chi connectivity index (χ0) is 15.9. The minimum Gasteiger partial charge on any atom is -0.467 e. The first kappa shape index (κ1) is 14.3. The molecule has 3 aromatic rings. The SMILES string of the molecule is Cc1cc(C(=O)N(C)Cc2ccco2)c2c(C)nn(C)c2n1. The van der Waals surface area contributed by atoms with Gasteiger partial charge in [-0.05, 0) is 32.0 Å². The van der Waals surface area contributed by atoms with Crippen LogP contribution in [-0.2, 0) is 13.6 Å². The van der Waals surface area contributed by atoms with E-state index >= 15 is 0 Å². The molecule has 0 aromatic carbocycles. The molecule has 0 N–H and O–H groups in total. The molecule has 0 spiro atoms. The summed E-state index contributed by atoms with van der Waals surface area (Å²) in [5.41, 5.74) is 2.96. The number of fused-ring (bicyclic) bond motifs is 1. The predicted molar refractivity (Wildman–Crippen MR) is 82.5 cm³/mol. The van der Waals surface area contributed by atoms with Gasteiger partial charge in [0.2, 0.25) is 0 Å². The van der Waals surface area contributed by atoms with Crippen LogP contribution in [0.4, 0.5) is 0 Å². The zero-order valence-corrected chi connectivity index (χ0v) is 13.1. The van der Waals surface area contributed by atoms with Crippen LogP contribution in [0.5, 0.6) is 0 Å². The number of carbonyl (C=O) groups excluding carboxylic acids is 1. The van der Waals surface area contributed by atoms with Crippen molar-refractivity contribution in [3.8, 4) is 0 Å². The molecule has 0 saturated carbocycles. The third-order valence-electron chi connectivity index (χ3n) is 3.65. The number of hydrogen-bond acceptors (Lipinski definition) is 4. The molecule has 3 heterocycles. The van der Waals surface area contributed by atoms with Crippen LogP contribution in [0, 0.1) is 13.8 Å². The molecular formula is C16H18N4O2. The quantitative estimate of drug-likeness (QED) is 0.745. The molecule has 0 aliphatic heterocycles. The lowest BCUT2D eigenvalue weighted by Crippen LogP contribution is -2.26. The third kappa shape index (κ3) is 2.36. The van der Waals surface area contributed by atoms with E-state index in [4.69, 9.17) is 4.42 Å². The maximum atomic E-state index is 12.8. The monoisotopic (exact) mass is 298 g/mol. The summed E-state index contributed by atoms with van der Waals surface area (Å²) in [7, 11) is 3.60. The molecule has 0 aliphatic carbocycles. The van der Waals surface area contributed by atoms with Crippen molar-refractivity contribution in [3.63, 3.8) is 0 Å². The Morgan fingerprint density at radius 3 is 2.86 bits per heavy atom. The van der Waals surface area contributed by atoms with Gasteiger partial charge in [0.25, 0.3) is 5.91 Å². The van der Waals surface area contributed by atoms with E-state index in [0.29, 0.717) is 12.1 Å². The second kappa shape index (κ2) is 5.29. The van der Waals surface area contributed by atoms with Gasteiger partial charge in [0.05, 0.1) is 29.5 Å². The zero-order valence-electron chi connectivity index (χ0n) is 13.1. The van der Waals surface area contributed by atoms with E-state index in [1.54, 1.807) is 22.9 Å². The summed E-state index contributed by atoms with van der Waals surface area (Å²) in [6.07, 6.45) is 1.60. The van der Waals surface area contributed by atoms with Crippen LogP contribution < -0.4 is 0 Å². The van der Waals surface area contributed by atoms with Gasteiger partial charge < -0.3 is 9.32 Å². The van der Waals surface area contributed by atoms with Gasteiger partial charge in [-0.1, -0.05) is 0 Å². The Hall–Kier alpha value is -2.63. The molecule has 1 amide bonds. The number of pyridine rings is 1. The first-order valence-corrected chi connectivity index (χ1v) is 7.06. The predicted octanol–water partition coefficient (Wildman–Crippen LogP) is 2.45. The van der Waals surface area contributed by atoms with E-state index in [1.165, 1.54) is 0 Å². The Morgan fingerprint density at radius 1 is 1.41 bits per heavy atom.